The first-order valence-electron chi connectivity index (χ1n) is 6.63. The third kappa shape index (κ3) is 2.79. The van der Waals surface area contributed by atoms with Gasteiger partial charge < -0.3 is 19.3 Å². The normalized spacial score (nSPS) is 10.4. The number of aromatic nitrogens is 2. The molecule has 0 fully saturated rings. The summed E-state index contributed by atoms with van der Waals surface area (Å²) in [6.45, 7) is 0.553. The minimum absolute atomic E-state index is 0.368. The third-order valence-corrected chi connectivity index (χ3v) is 3.28. The Balaban J connectivity index is 1.89. The summed E-state index contributed by atoms with van der Waals surface area (Å²) in [5.74, 6) is 0.368. The molecule has 0 aliphatic heterocycles. The Morgan fingerprint density at radius 3 is 2.64 bits per heavy atom. The summed E-state index contributed by atoms with van der Waals surface area (Å²) in [4.78, 5) is 4.30. The molecule has 0 radical (unpaired) electrons. The Morgan fingerprint density at radius 2 is 1.95 bits per heavy atom. The van der Waals surface area contributed by atoms with Crippen molar-refractivity contribution in [1.82, 2.24) is 9.55 Å². The molecule has 0 saturated carbocycles. The molecule has 7 heteroatoms. The van der Waals surface area contributed by atoms with Crippen LogP contribution in [-0.2, 0) is 6.54 Å². The minimum atomic E-state index is -1.83. The lowest BCUT2D eigenvalue weighted by molar-refractivity contribution is 0.288. The van der Waals surface area contributed by atoms with Crippen molar-refractivity contribution in [3.63, 3.8) is 0 Å². The predicted octanol–water partition coefficient (Wildman–Crippen LogP) is 1.30. The van der Waals surface area contributed by atoms with Crippen LogP contribution in [0.3, 0.4) is 0 Å². The van der Waals surface area contributed by atoms with Crippen molar-refractivity contribution in [3.05, 3.63) is 59.9 Å². The van der Waals surface area contributed by atoms with Crippen LogP contribution in [0.5, 0.6) is 5.75 Å². The molecule has 0 unspecified atom stereocenters. The molecule has 0 saturated heterocycles. The lowest BCUT2D eigenvalue weighted by Crippen LogP contribution is -2.20. The average molecular weight is 293 g/mol. The maximum Gasteiger partial charge on any atom is 0.707 e. The smallest absolute Gasteiger partial charge is 0.512 e. The van der Waals surface area contributed by atoms with Crippen molar-refractivity contribution in [3.8, 4) is 11.8 Å². The summed E-state index contributed by atoms with van der Waals surface area (Å²) in [5, 5.41) is 26.7. The van der Waals surface area contributed by atoms with Gasteiger partial charge in [0.2, 0.25) is 0 Å². The fraction of sp³-hybridized carbons (Fsp3) is 0.0667. The first kappa shape index (κ1) is 14.1. The van der Waals surface area contributed by atoms with E-state index in [2.05, 4.69) is 11.1 Å². The number of fused-ring (bicyclic) bond motifs is 1. The van der Waals surface area contributed by atoms with Gasteiger partial charge in [0, 0.05) is 6.54 Å². The van der Waals surface area contributed by atoms with Crippen molar-refractivity contribution in [2.45, 2.75) is 6.54 Å². The van der Waals surface area contributed by atoms with Gasteiger partial charge in [-0.25, -0.2) is 4.98 Å². The average Bonchev–Trinajstić information content (AvgIpc) is 2.92. The van der Waals surface area contributed by atoms with Crippen LogP contribution in [0, 0.1) is 11.3 Å². The second-order valence-corrected chi connectivity index (χ2v) is 4.75. The van der Waals surface area contributed by atoms with E-state index in [9.17, 15) is 5.26 Å². The van der Waals surface area contributed by atoms with Gasteiger partial charge in [-0.3, -0.25) is 0 Å². The van der Waals surface area contributed by atoms with Crippen LogP contribution in [-0.4, -0.2) is 26.9 Å². The summed E-state index contributed by atoms with van der Waals surface area (Å²) < 4.78 is 6.67. The van der Waals surface area contributed by atoms with Crippen molar-refractivity contribution in [2.24, 2.45) is 0 Å². The monoisotopic (exact) mass is 293 g/mol. The Hall–Kier alpha value is -2.82. The molecule has 0 amide bonds. The van der Waals surface area contributed by atoms with E-state index in [1.54, 1.807) is 24.5 Å². The van der Waals surface area contributed by atoms with E-state index in [-0.39, 0.29) is 0 Å². The van der Waals surface area contributed by atoms with E-state index < -0.39 is 7.32 Å². The molecule has 3 aromatic rings. The van der Waals surface area contributed by atoms with Gasteiger partial charge in [0.05, 0.1) is 22.9 Å². The molecule has 0 bridgehead atoms. The Kier molecular flexibility index (Phi) is 3.79. The fourth-order valence-electron chi connectivity index (χ4n) is 2.33. The van der Waals surface area contributed by atoms with Crippen LogP contribution < -0.4 is 4.65 Å². The number of hydrogen-bond acceptors (Lipinski definition) is 5. The van der Waals surface area contributed by atoms with Crippen molar-refractivity contribution < 1.29 is 14.7 Å². The lowest BCUT2D eigenvalue weighted by atomic mass is 10.1. The molecule has 108 valence electrons. The maximum atomic E-state index is 9.21. The summed E-state index contributed by atoms with van der Waals surface area (Å²) >= 11 is 0. The number of benzene rings is 2. The van der Waals surface area contributed by atoms with Crippen LogP contribution in [0.15, 0.2) is 48.8 Å². The maximum absolute atomic E-state index is 9.21. The quantitative estimate of drug-likeness (QED) is 0.707. The van der Waals surface area contributed by atoms with E-state index in [1.165, 1.54) is 0 Å². The van der Waals surface area contributed by atoms with Gasteiger partial charge in [-0.2, -0.15) is 5.26 Å². The van der Waals surface area contributed by atoms with Crippen LogP contribution >= 0.6 is 0 Å². The first-order chi connectivity index (χ1) is 10.7. The van der Waals surface area contributed by atoms with Gasteiger partial charge in [0.1, 0.15) is 11.8 Å². The standard InChI is InChI=1S/C15H12BN3O3/c17-8-12-2-1-3-14-15(12)19(10-18-14)9-11-4-6-13(7-5-11)22-16(20)21/h1-7,10,20-21H,9H2. The largest absolute Gasteiger partial charge is 0.707 e. The highest BCUT2D eigenvalue weighted by Gasteiger charge is 2.11. The molecule has 1 heterocycles. The van der Waals surface area contributed by atoms with Crippen molar-refractivity contribution >= 4 is 18.4 Å². The van der Waals surface area contributed by atoms with E-state index in [0.29, 0.717) is 17.9 Å². The van der Waals surface area contributed by atoms with Gasteiger partial charge in [-0.05, 0) is 29.8 Å². The van der Waals surface area contributed by atoms with Gasteiger partial charge in [0.25, 0.3) is 0 Å². The number of imidazole rings is 1. The SMILES string of the molecule is N#Cc1cccc2ncn(Cc3ccc(OB(O)O)cc3)c12. The summed E-state index contributed by atoms with van der Waals surface area (Å²) in [7, 11) is -1.83. The Labute approximate surface area is 127 Å². The number of nitrogens with zero attached hydrogens (tertiary/aromatic N) is 3. The lowest BCUT2D eigenvalue weighted by Gasteiger charge is -2.08. The molecule has 2 aromatic carbocycles. The van der Waals surface area contributed by atoms with Crippen LogP contribution in [0.4, 0.5) is 0 Å². The van der Waals surface area contributed by atoms with E-state index >= 15 is 0 Å². The highest BCUT2D eigenvalue weighted by molar-refractivity contribution is 6.33. The van der Waals surface area contributed by atoms with Crippen LogP contribution in [0.25, 0.3) is 11.0 Å². The minimum Gasteiger partial charge on any atom is -0.512 e. The summed E-state index contributed by atoms with van der Waals surface area (Å²) in [5.41, 5.74) is 3.14. The highest BCUT2D eigenvalue weighted by atomic mass is 16.6. The van der Waals surface area contributed by atoms with Gasteiger partial charge in [-0.1, -0.05) is 18.2 Å². The number of hydrogen-bond donors (Lipinski definition) is 2. The highest BCUT2D eigenvalue weighted by Crippen LogP contribution is 2.19. The zero-order valence-electron chi connectivity index (χ0n) is 11.5. The Bertz CT molecular complexity index is 837. The number of rotatable bonds is 4. The molecular formula is C15H12BN3O3. The molecule has 22 heavy (non-hydrogen) atoms. The molecular weight excluding hydrogens is 281 g/mol. The topological polar surface area (TPSA) is 91.3 Å². The molecule has 2 N–H and O–H groups in total. The summed E-state index contributed by atoms with van der Waals surface area (Å²) in [6.07, 6.45) is 1.70. The molecule has 0 aliphatic carbocycles. The summed E-state index contributed by atoms with van der Waals surface area (Å²) in [6, 6.07) is 14.6. The first-order valence-corrected chi connectivity index (χ1v) is 6.63. The van der Waals surface area contributed by atoms with Crippen LogP contribution in [0.2, 0.25) is 0 Å². The van der Waals surface area contributed by atoms with Crippen LogP contribution in [0.1, 0.15) is 11.1 Å². The fourth-order valence-corrected chi connectivity index (χ4v) is 2.33. The van der Waals surface area contributed by atoms with Crippen molar-refractivity contribution in [1.29, 1.82) is 5.26 Å². The molecule has 0 atom stereocenters. The zero-order chi connectivity index (χ0) is 15.5. The molecule has 0 aliphatic rings. The van der Waals surface area contributed by atoms with Gasteiger partial charge in [0.15, 0.2) is 0 Å². The third-order valence-electron chi connectivity index (χ3n) is 3.28. The molecule has 6 nitrogen and oxygen atoms in total. The number of para-hydroxylation sites is 1. The predicted molar refractivity (Wildman–Crippen MR) is 80.8 cm³/mol. The van der Waals surface area contributed by atoms with Crippen molar-refractivity contribution in [2.75, 3.05) is 0 Å². The van der Waals surface area contributed by atoms with Gasteiger partial charge in [-0.15, -0.1) is 0 Å². The number of nitriles is 1. The van der Waals surface area contributed by atoms with Gasteiger partial charge >= 0.3 is 7.32 Å². The van der Waals surface area contributed by atoms with E-state index in [1.807, 2.05) is 28.8 Å². The second kappa shape index (κ2) is 5.89. The van der Waals surface area contributed by atoms with E-state index in [0.717, 1.165) is 16.6 Å². The second-order valence-electron chi connectivity index (χ2n) is 4.75. The Morgan fingerprint density at radius 1 is 1.18 bits per heavy atom. The molecule has 0 spiro atoms. The molecule has 3 rings (SSSR count). The van der Waals surface area contributed by atoms with E-state index in [4.69, 9.17) is 14.7 Å². The molecule has 1 aromatic heterocycles. The zero-order valence-corrected chi connectivity index (χ0v) is 11.5.